The Labute approximate surface area is 91.8 Å². The van der Waals surface area contributed by atoms with Crippen molar-refractivity contribution >= 4 is 0 Å². The van der Waals surface area contributed by atoms with Crippen LogP contribution in [-0.2, 0) is 4.74 Å². The van der Waals surface area contributed by atoms with E-state index in [9.17, 15) is 0 Å². The van der Waals surface area contributed by atoms with Crippen LogP contribution in [0.2, 0.25) is 0 Å². The molecule has 1 unspecified atom stereocenters. The molecule has 0 heterocycles. The topological polar surface area (TPSA) is 33.3 Å². The first-order chi connectivity index (χ1) is 7.38. The van der Waals surface area contributed by atoms with Crippen molar-refractivity contribution in [2.45, 2.75) is 6.04 Å². The Morgan fingerprint density at radius 3 is 2.60 bits per heavy atom. The maximum Gasteiger partial charge on any atom is 0.0587 e. The summed E-state index contributed by atoms with van der Waals surface area (Å²) in [7, 11) is 3.69. The first-order valence-corrected chi connectivity index (χ1v) is 5.30. The van der Waals surface area contributed by atoms with E-state index in [2.05, 4.69) is 34.9 Å². The Kier molecular flexibility index (Phi) is 6.00. The van der Waals surface area contributed by atoms with Gasteiger partial charge in [-0.1, -0.05) is 30.3 Å². The van der Waals surface area contributed by atoms with Gasteiger partial charge in [-0.05, 0) is 12.6 Å². The van der Waals surface area contributed by atoms with E-state index in [-0.39, 0.29) is 0 Å². The normalized spacial score (nSPS) is 12.7. The van der Waals surface area contributed by atoms with E-state index in [0.29, 0.717) is 6.04 Å². The Morgan fingerprint density at radius 2 is 2.00 bits per heavy atom. The molecule has 0 spiro atoms. The summed E-state index contributed by atoms with van der Waals surface area (Å²) in [6.45, 7) is 2.54. The zero-order valence-corrected chi connectivity index (χ0v) is 9.49. The highest BCUT2D eigenvalue weighted by Gasteiger charge is 2.08. The highest BCUT2D eigenvalue weighted by atomic mass is 16.5. The van der Waals surface area contributed by atoms with Crippen molar-refractivity contribution in [1.82, 2.24) is 10.6 Å². The summed E-state index contributed by atoms with van der Waals surface area (Å²) in [6.07, 6.45) is 0. The van der Waals surface area contributed by atoms with Crippen molar-refractivity contribution < 1.29 is 4.74 Å². The number of ether oxygens (including phenoxy) is 1. The second-order valence-corrected chi connectivity index (χ2v) is 3.47. The Hall–Kier alpha value is -0.900. The van der Waals surface area contributed by atoms with Gasteiger partial charge < -0.3 is 15.4 Å². The van der Waals surface area contributed by atoms with Crippen LogP contribution in [0.15, 0.2) is 30.3 Å². The summed E-state index contributed by atoms with van der Waals surface area (Å²) in [5.74, 6) is 0. The van der Waals surface area contributed by atoms with Crippen LogP contribution in [0.5, 0.6) is 0 Å². The average molecular weight is 208 g/mol. The Bertz CT molecular complexity index is 251. The van der Waals surface area contributed by atoms with Crippen molar-refractivity contribution in [3.8, 4) is 0 Å². The molecule has 3 heteroatoms. The largest absolute Gasteiger partial charge is 0.383 e. The monoisotopic (exact) mass is 208 g/mol. The van der Waals surface area contributed by atoms with Crippen molar-refractivity contribution in [3.05, 3.63) is 35.9 Å². The molecule has 1 rings (SSSR count). The Balaban J connectivity index is 2.50. The fourth-order valence-corrected chi connectivity index (χ4v) is 1.53. The van der Waals surface area contributed by atoms with E-state index in [1.165, 1.54) is 5.56 Å². The molecular weight excluding hydrogens is 188 g/mol. The second-order valence-electron chi connectivity index (χ2n) is 3.47. The number of methoxy groups -OCH3 is 1. The predicted octanol–water partition coefficient (Wildman–Crippen LogP) is 1.18. The molecule has 0 aliphatic heterocycles. The van der Waals surface area contributed by atoms with Gasteiger partial charge in [-0.25, -0.2) is 0 Å². The van der Waals surface area contributed by atoms with Gasteiger partial charge in [0.15, 0.2) is 0 Å². The van der Waals surface area contributed by atoms with Gasteiger partial charge in [0, 0.05) is 26.2 Å². The molecule has 0 saturated carbocycles. The van der Waals surface area contributed by atoms with Gasteiger partial charge in [0.05, 0.1) is 6.61 Å². The molecule has 1 atom stereocenters. The van der Waals surface area contributed by atoms with Crippen LogP contribution in [-0.4, -0.2) is 33.9 Å². The van der Waals surface area contributed by atoms with Gasteiger partial charge in [-0.3, -0.25) is 0 Å². The van der Waals surface area contributed by atoms with Gasteiger partial charge in [-0.2, -0.15) is 0 Å². The summed E-state index contributed by atoms with van der Waals surface area (Å²) in [6, 6.07) is 10.8. The maximum atomic E-state index is 5.02. The van der Waals surface area contributed by atoms with Crippen molar-refractivity contribution in [2.24, 2.45) is 0 Å². The molecule has 15 heavy (non-hydrogen) atoms. The highest BCUT2D eigenvalue weighted by molar-refractivity contribution is 5.19. The minimum absolute atomic E-state index is 0.353. The van der Waals surface area contributed by atoms with E-state index < -0.39 is 0 Å². The van der Waals surface area contributed by atoms with Crippen molar-refractivity contribution in [1.29, 1.82) is 0 Å². The summed E-state index contributed by atoms with van der Waals surface area (Å²) < 4.78 is 5.02. The molecule has 0 radical (unpaired) electrons. The number of hydrogen-bond donors (Lipinski definition) is 2. The first kappa shape index (κ1) is 12.2. The van der Waals surface area contributed by atoms with Gasteiger partial charge in [0.2, 0.25) is 0 Å². The molecule has 0 saturated heterocycles. The zero-order valence-electron chi connectivity index (χ0n) is 9.49. The third kappa shape index (κ3) is 4.42. The third-order valence-electron chi connectivity index (χ3n) is 2.31. The average Bonchev–Trinajstić information content (AvgIpc) is 2.29. The summed E-state index contributed by atoms with van der Waals surface area (Å²) in [4.78, 5) is 0. The van der Waals surface area contributed by atoms with E-state index in [4.69, 9.17) is 4.74 Å². The van der Waals surface area contributed by atoms with Gasteiger partial charge >= 0.3 is 0 Å². The molecule has 0 bridgehead atoms. The first-order valence-electron chi connectivity index (χ1n) is 5.30. The van der Waals surface area contributed by atoms with E-state index in [1.807, 2.05) is 13.1 Å². The SMILES string of the molecule is CNCC(NCCOC)c1ccccc1. The number of rotatable bonds is 7. The number of hydrogen-bond acceptors (Lipinski definition) is 3. The molecule has 3 nitrogen and oxygen atoms in total. The number of likely N-dealkylation sites (N-methyl/N-ethyl adjacent to an activating group) is 1. The molecule has 1 aromatic carbocycles. The summed E-state index contributed by atoms with van der Waals surface area (Å²) in [5.41, 5.74) is 1.31. The lowest BCUT2D eigenvalue weighted by Gasteiger charge is -2.18. The van der Waals surface area contributed by atoms with Crippen LogP contribution in [0.3, 0.4) is 0 Å². The van der Waals surface area contributed by atoms with Crippen LogP contribution in [0.4, 0.5) is 0 Å². The predicted molar refractivity (Wildman–Crippen MR) is 63.0 cm³/mol. The molecule has 0 aliphatic rings. The lowest BCUT2D eigenvalue weighted by Crippen LogP contribution is -2.32. The van der Waals surface area contributed by atoms with E-state index in [0.717, 1.165) is 19.7 Å². The second kappa shape index (κ2) is 7.40. The summed E-state index contributed by atoms with van der Waals surface area (Å²) >= 11 is 0. The van der Waals surface area contributed by atoms with Crippen LogP contribution in [0.25, 0.3) is 0 Å². The lowest BCUT2D eigenvalue weighted by molar-refractivity contribution is 0.195. The van der Waals surface area contributed by atoms with Crippen LogP contribution in [0.1, 0.15) is 11.6 Å². The Morgan fingerprint density at radius 1 is 1.27 bits per heavy atom. The fourth-order valence-electron chi connectivity index (χ4n) is 1.53. The third-order valence-corrected chi connectivity index (χ3v) is 2.31. The number of nitrogens with one attached hydrogen (secondary N) is 2. The molecule has 0 amide bonds. The molecule has 0 fully saturated rings. The van der Waals surface area contributed by atoms with Crippen LogP contribution in [0, 0.1) is 0 Å². The number of benzene rings is 1. The quantitative estimate of drug-likeness (QED) is 0.660. The van der Waals surface area contributed by atoms with Gasteiger partial charge in [-0.15, -0.1) is 0 Å². The molecule has 0 aromatic heterocycles. The molecule has 0 aliphatic carbocycles. The maximum absolute atomic E-state index is 5.02. The molecule has 2 N–H and O–H groups in total. The summed E-state index contributed by atoms with van der Waals surface area (Å²) in [5, 5.41) is 6.64. The molecular formula is C12H20N2O. The smallest absolute Gasteiger partial charge is 0.0587 e. The van der Waals surface area contributed by atoms with Crippen molar-refractivity contribution in [3.63, 3.8) is 0 Å². The molecule has 84 valence electrons. The van der Waals surface area contributed by atoms with Gasteiger partial charge in [0.1, 0.15) is 0 Å². The minimum atomic E-state index is 0.353. The minimum Gasteiger partial charge on any atom is -0.383 e. The zero-order chi connectivity index (χ0) is 10.9. The van der Waals surface area contributed by atoms with Gasteiger partial charge in [0.25, 0.3) is 0 Å². The van der Waals surface area contributed by atoms with Crippen molar-refractivity contribution in [2.75, 3.05) is 33.9 Å². The molecule has 1 aromatic rings. The van der Waals surface area contributed by atoms with Crippen LogP contribution < -0.4 is 10.6 Å². The highest BCUT2D eigenvalue weighted by Crippen LogP contribution is 2.10. The van der Waals surface area contributed by atoms with E-state index in [1.54, 1.807) is 7.11 Å². The van der Waals surface area contributed by atoms with E-state index >= 15 is 0 Å². The lowest BCUT2D eigenvalue weighted by atomic mass is 10.1. The van der Waals surface area contributed by atoms with Crippen LogP contribution >= 0.6 is 0 Å². The standard InChI is InChI=1S/C12H20N2O/c1-13-10-12(14-8-9-15-2)11-6-4-3-5-7-11/h3-7,12-14H,8-10H2,1-2H3. The fraction of sp³-hybridized carbons (Fsp3) is 0.500.